The van der Waals surface area contributed by atoms with Crippen LogP contribution < -0.4 is 5.32 Å². The number of hydrogen-bond donors (Lipinski definition) is 1. The van der Waals surface area contributed by atoms with Gasteiger partial charge in [-0.1, -0.05) is 29.8 Å². The molecule has 0 unspecified atom stereocenters. The van der Waals surface area contributed by atoms with E-state index in [1.165, 1.54) is 0 Å². The molecule has 0 saturated heterocycles. The molecule has 0 fully saturated rings. The van der Waals surface area contributed by atoms with E-state index in [1.807, 2.05) is 18.2 Å². The van der Waals surface area contributed by atoms with Crippen LogP contribution in [0.1, 0.15) is 19.4 Å². The summed E-state index contributed by atoms with van der Waals surface area (Å²) in [6.07, 6.45) is 0. The second-order valence-electron chi connectivity index (χ2n) is 5.56. The first-order chi connectivity index (χ1) is 8.34. The van der Waals surface area contributed by atoms with E-state index >= 15 is 0 Å². The summed E-state index contributed by atoms with van der Waals surface area (Å²) in [7, 11) is 4.14. The van der Waals surface area contributed by atoms with Gasteiger partial charge >= 0.3 is 0 Å². The lowest BCUT2D eigenvalue weighted by atomic mass is 9.92. The SMILES string of the molecule is CN(C)CC(C)(C)CNc1cc(Br)ccc1C#N. The highest BCUT2D eigenvalue weighted by Gasteiger charge is 2.19. The molecule has 0 aliphatic rings. The van der Waals surface area contributed by atoms with E-state index in [-0.39, 0.29) is 5.41 Å². The molecule has 0 amide bonds. The summed E-state index contributed by atoms with van der Waals surface area (Å²) in [5, 5.41) is 12.4. The summed E-state index contributed by atoms with van der Waals surface area (Å²) in [6.45, 7) is 6.25. The van der Waals surface area contributed by atoms with Crippen LogP contribution >= 0.6 is 15.9 Å². The fraction of sp³-hybridized carbons (Fsp3) is 0.500. The van der Waals surface area contributed by atoms with Crippen molar-refractivity contribution in [3.05, 3.63) is 28.2 Å². The zero-order valence-electron chi connectivity index (χ0n) is 11.4. The molecule has 0 bridgehead atoms. The molecule has 4 heteroatoms. The van der Waals surface area contributed by atoms with Gasteiger partial charge in [-0.2, -0.15) is 5.26 Å². The van der Waals surface area contributed by atoms with Crippen LogP contribution in [-0.4, -0.2) is 32.1 Å². The Balaban J connectivity index is 2.74. The summed E-state index contributed by atoms with van der Waals surface area (Å²) in [4.78, 5) is 2.17. The Bertz CT molecular complexity index is 447. The summed E-state index contributed by atoms with van der Waals surface area (Å²) in [6, 6.07) is 7.86. The van der Waals surface area contributed by atoms with E-state index in [4.69, 9.17) is 5.26 Å². The molecule has 1 aromatic carbocycles. The first kappa shape index (κ1) is 15.0. The van der Waals surface area contributed by atoms with E-state index in [2.05, 4.69) is 60.2 Å². The largest absolute Gasteiger partial charge is 0.383 e. The molecule has 18 heavy (non-hydrogen) atoms. The van der Waals surface area contributed by atoms with Crippen LogP contribution in [-0.2, 0) is 0 Å². The molecule has 3 nitrogen and oxygen atoms in total. The third-order valence-electron chi connectivity index (χ3n) is 2.60. The molecular weight excluding hydrogens is 290 g/mol. The van der Waals surface area contributed by atoms with E-state index < -0.39 is 0 Å². The molecule has 0 aliphatic carbocycles. The maximum absolute atomic E-state index is 9.07. The smallest absolute Gasteiger partial charge is 0.101 e. The Labute approximate surface area is 118 Å². The highest BCUT2D eigenvalue weighted by Crippen LogP contribution is 2.23. The maximum Gasteiger partial charge on any atom is 0.101 e. The van der Waals surface area contributed by atoms with Gasteiger partial charge in [0.25, 0.3) is 0 Å². The lowest BCUT2D eigenvalue weighted by Gasteiger charge is -2.29. The Morgan fingerprint density at radius 3 is 2.61 bits per heavy atom. The van der Waals surface area contributed by atoms with Gasteiger partial charge in [0.15, 0.2) is 0 Å². The number of hydrogen-bond acceptors (Lipinski definition) is 3. The molecule has 0 aliphatic heterocycles. The van der Waals surface area contributed by atoms with Crippen LogP contribution in [0, 0.1) is 16.7 Å². The molecule has 0 atom stereocenters. The molecule has 0 saturated carbocycles. The lowest BCUT2D eigenvalue weighted by molar-refractivity contribution is 0.254. The van der Waals surface area contributed by atoms with Crippen molar-refractivity contribution in [2.45, 2.75) is 13.8 Å². The van der Waals surface area contributed by atoms with Crippen molar-refractivity contribution in [2.24, 2.45) is 5.41 Å². The number of halogens is 1. The molecule has 0 aromatic heterocycles. The van der Waals surface area contributed by atoms with E-state index in [0.29, 0.717) is 5.56 Å². The fourth-order valence-corrected chi connectivity index (χ4v) is 2.37. The van der Waals surface area contributed by atoms with Crippen LogP contribution in [0.4, 0.5) is 5.69 Å². The normalized spacial score (nSPS) is 11.4. The molecular formula is C14H20BrN3. The number of benzene rings is 1. The Hall–Kier alpha value is -1.05. The summed E-state index contributed by atoms with van der Waals surface area (Å²) in [5.41, 5.74) is 1.72. The first-order valence-corrected chi connectivity index (χ1v) is 6.71. The zero-order valence-corrected chi connectivity index (χ0v) is 13.0. The van der Waals surface area contributed by atoms with E-state index in [1.54, 1.807) is 0 Å². The van der Waals surface area contributed by atoms with Crippen molar-refractivity contribution >= 4 is 21.6 Å². The van der Waals surface area contributed by atoms with Gasteiger partial charge in [0.1, 0.15) is 6.07 Å². The van der Waals surface area contributed by atoms with Gasteiger partial charge in [-0.3, -0.25) is 0 Å². The van der Waals surface area contributed by atoms with Crippen molar-refractivity contribution in [1.29, 1.82) is 5.26 Å². The first-order valence-electron chi connectivity index (χ1n) is 5.92. The topological polar surface area (TPSA) is 39.1 Å². The Morgan fingerprint density at radius 1 is 1.39 bits per heavy atom. The van der Waals surface area contributed by atoms with Gasteiger partial charge in [0.05, 0.1) is 11.3 Å². The van der Waals surface area contributed by atoms with Crippen molar-refractivity contribution < 1.29 is 0 Å². The highest BCUT2D eigenvalue weighted by atomic mass is 79.9. The van der Waals surface area contributed by atoms with Gasteiger partial charge < -0.3 is 10.2 Å². The van der Waals surface area contributed by atoms with Crippen LogP contribution in [0.2, 0.25) is 0 Å². The van der Waals surface area contributed by atoms with Gasteiger partial charge in [0, 0.05) is 17.6 Å². The van der Waals surface area contributed by atoms with Crippen LogP contribution in [0.25, 0.3) is 0 Å². The predicted molar refractivity (Wildman–Crippen MR) is 79.7 cm³/mol. The van der Waals surface area contributed by atoms with Gasteiger partial charge in [0.2, 0.25) is 0 Å². The summed E-state index contributed by atoms with van der Waals surface area (Å²) < 4.78 is 0.981. The van der Waals surface area contributed by atoms with Gasteiger partial charge in [-0.15, -0.1) is 0 Å². The minimum Gasteiger partial charge on any atom is -0.383 e. The molecule has 0 spiro atoms. The van der Waals surface area contributed by atoms with E-state index in [0.717, 1.165) is 23.2 Å². The number of anilines is 1. The Morgan fingerprint density at radius 2 is 2.06 bits per heavy atom. The number of rotatable bonds is 5. The molecule has 1 rings (SSSR count). The Kier molecular flexibility index (Phi) is 5.18. The average molecular weight is 310 g/mol. The molecule has 98 valence electrons. The zero-order chi connectivity index (χ0) is 13.8. The van der Waals surface area contributed by atoms with Crippen molar-refractivity contribution in [3.8, 4) is 6.07 Å². The summed E-state index contributed by atoms with van der Waals surface area (Å²) >= 11 is 3.43. The second kappa shape index (κ2) is 6.21. The van der Waals surface area contributed by atoms with Gasteiger partial charge in [-0.25, -0.2) is 0 Å². The lowest BCUT2D eigenvalue weighted by Crippen LogP contribution is -2.34. The van der Waals surface area contributed by atoms with Crippen LogP contribution in [0.5, 0.6) is 0 Å². The van der Waals surface area contributed by atoms with E-state index in [9.17, 15) is 0 Å². The minimum absolute atomic E-state index is 0.151. The van der Waals surface area contributed by atoms with Crippen molar-refractivity contribution in [3.63, 3.8) is 0 Å². The van der Waals surface area contributed by atoms with Gasteiger partial charge in [-0.05, 0) is 37.7 Å². The van der Waals surface area contributed by atoms with Crippen molar-refractivity contribution in [1.82, 2.24) is 4.90 Å². The highest BCUT2D eigenvalue weighted by molar-refractivity contribution is 9.10. The van der Waals surface area contributed by atoms with Crippen LogP contribution in [0.3, 0.4) is 0 Å². The number of nitrogens with zero attached hydrogens (tertiary/aromatic N) is 2. The fourth-order valence-electron chi connectivity index (χ4n) is 2.01. The van der Waals surface area contributed by atoms with Crippen LogP contribution in [0.15, 0.2) is 22.7 Å². The number of nitrogens with one attached hydrogen (secondary N) is 1. The number of nitriles is 1. The molecule has 1 aromatic rings. The second-order valence-corrected chi connectivity index (χ2v) is 6.47. The predicted octanol–water partition coefficient (Wildman–Crippen LogP) is 3.32. The molecule has 0 radical (unpaired) electrons. The third-order valence-corrected chi connectivity index (χ3v) is 3.10. The third kappa shape index (κ3) is 4.67. The monoisotopic (exact) mass is 309 g/mol. The quantitative estimate of drug-likeness (QED) is 0.907. The molecule has 1 N–H and O–H groups in total. The maximum atomic E-state index is 9.07. The minimum atomic E-state index is 0.151. The standard InChI is InChI=1S/C14H20BrN3/c1-14(2,10-18(3)4)9-17-13-7-12(15)6-5-11(13)8-16/h5-7,17H,9-10H2,1-4H3. The average Bonchev–Trinajstić information content (AvgIpc) is 2.25. The summed E-state index contributed by atoms with van der Waals surface area (Å²) in [5.74, 6) is 0. The van der Waals surface area contributed by atoms with Crippen molar-refractivity contribution in [2.75, 3.05) is 32.5 Å². The molecule has 0 heterocycles.